The highest BCUT2D eigenvalue weighted by atomic mass is 35.5. The van der Waals surface area contributed by atoms with Crippen LogP contribution in [0.15, 0.2) is 29.4 Å². The SMILES string of the molecule is CN1CC=NN(Cc2ccc(Cl)cc2)C1=O. The number of amides is 2. The summed E-state index contributed by atoms with van der Waals surface area (Å²) in [7, 11) is 1.75. The molecule has 1 aliphatic heterocycles. The minimum atomic E-state index is -0.0857. The number of hydrogen-bond donors (Lipinski definition) is 0. The van der Waals surface area contributed by atoms with Gasteiger partial charge in [-0.25, -0.2) is 9.80 Å². The molecule has 0 atom stereocenters. The normalized spacial score (nSPS) is 15.8. The molecule has 1 heterocycles. The first kappa shape index (κ1) is 11.0. The Morgan fingerprint density at radius 1 is 1.38 bits per heavy atom. The van der Waals surface area contributed by atoms with E-state index in [0.29, 0.717) is 18.1 Å². The monoisotopic (exact) mass is 237 g/mol. The summed E-state index contributed by atoms with van der Waals surface area (Å²) in [5.41, 5.74) is 1.00. The third kappa shape index (κ3) is 2.33. The average Bonchev–Trinajstić information content (AvgIpc) is 2.28. The van der Waals surface area contributed by atoms with Crippen molar-refractivity contribution in [2.24, 2.45) is 5.10 Å². The van der Waals surface area contributed by atoms with Crippen molar-refractivity contribution < 1.29 is 4.79 Å². The number of carbonyl (C=O) groups excluding carboxylic acids is 1. The molecule has 2 amide bonds. The zero-order valence-corrected chi connectivity index (χ0v) is 9.68. The van der Waals surface area contributed by atoms with Crippen LogP contribution < -0.4 is 0 Å². The number of benzene rings is 1. The van der Waals surface area contributed by atoms with Gasteiger partial charge in [0.15, 0.2) is 0 Å². The molecule has 0 bridgehead atoms. The van der Waals surface area contributed by atoms with E-state index in [0.717, 1.165) is 5.56 Å². The topological polar surface area (TPSA) is 35.9 Å². The Hall–Kier alpha value is -1.55. The molecule has 5 heteroatoms. The van der Waals surface area contributed by atoms with E-state index in [1.54, 1.807) is 30.3 Å². The van der Waals surface area contributed by atoms with Crippen LogP contribution in [0.2, 0.25) is 5.02 Å². The zero-order chi connectivity index (χ0) is 11.5. The van der Waals surface area contributed by atoms with E-state index in [4.69, 9.17) is 11.6 Å². The number of nitrogens with zero attached hydrogens (tertiary/aromatic N) is 3. The molecule has 0 N–H and O–H groups in total. The van der Waals surface area contributed by atoms with E-state index in [2.05, 4.69) is 5.10 Å². The molecule has 0 spiro atoms. The lowest BCUT2D eigenvalue weighted by atomic mass is 10.2. The van der Waals surface area contributed by atoms with Crippen LogP contribution in [0, 0.1) is 0 Å². The van der Waals surface area contributed by atoms with Crippen molar-refractivity contribution in [1.82, 2.24) is 9.91 Å². The molecule has 0 aromatic heterocycles. The van der Waals surface area contributed by atoms with Crippen LogP contribution in [0.1, 0.15) is 5.56 Å². The van der Waals surface area contributed by atoms with Crippen molar-refractivity contribution in [3.63, 3.8) is 0 Å². The fourth-order valence-electron chi connectivity index (χ4n) is 1.45. The smallest absolute Gasteiger partial charge is 0.321 e. The average molecular weight is 238 g/mol. The van der Waals surface area contributed by atoms with Gasteiger partial charge in [0.05, 0.1) is 13.1 Å². The van der Waals surface area contributed by atoms with Gasteiger partial charge in [0, 0.05) is 18.3 Å². The Labute approximate surface area is 99.1 Å². The molecule has 1 aromatic carbocycles. The van der Waals surface area contributed by atoms with E-state index in [1.165, 1.54) is 5.01 Å². The van der Waals surface area contributed by atoms with Crippen molar-refractivity contribution >= 4 is 23.8 Å². The van der Waals surface area contributed by atoms with E-state index in [-0.39, 0.29) is 6.03 Å². The van der Waals surface area contributed by atoms with Gasteiger partial charge in [-0.2, -0.15) is 5.10 Å². The second-order valence-corrected chi connectivity index (χ2v) is 4.08. The van der Waals surface area contributed by atoms with Gasteiger partial charge >= 0.3 is 6.03 Å². The Morgan fingerprint density at radius 2 is 2.06 bits per heavy atom. The van der Waals surface area contributed by atoms with E-state index in [1.807, 2.05) is 12.1 Å². The lowest BCUT2D eigenvalue weighted by Gasteiger charge is -2.27. The highest BCUT2D eigenvalue weighted by Gasteiger charge is 2.19. The summed E-state index contributed by atoms with van der Waals surface area (Å²) in [6.07, 6.45) is 1.72. The number of halogens is 1. The van der Waals surface area contributed by atoms with E-state index >= 15 is 0 Å². The predicted octanol–water partition coefficient (Wildman–Crippen LogP) is 2.19. The molecular weight excluding hydrogens is 226 g/mol. The molecule has 0 unspecified atom stereocenters. The van der Waals surface area contributed by atoms with Crippen LogP contribution in [0.25, 0.3) is 0 Å². The van der Waals surface area contributed by atoms with Gasteiger partial charge in [-0.15, -0.1) is 0 Å². The number of rotatable bonds is 2. The minimum absolute atomic E-state index is 0.0857. The second kappa shape index (κ2) is 4.53. The van der Waals surface area contributed by atoms with Gasteiger partial charge in [-0.1, -0.05) is 23.7 Å². The van der Waals surface area contributed by atoms with Crippen molar-refractivity contribution in [2.75, 3.05) is 13.6 Å². The maximum Gasteiger partial charge on any atom is 0.340 e. The molecule has 0 aliphatic carbocycles. The molecule has 1 aliphatic rings. The predicted molar refractivity (Wildman–Crippen MR) is 63.5 cm³/mol. The Morgan fingerprint density at radius 3 is 2.75 bits per heavy atom. The fraction of sp³-hybridized carbons (Fsp3) is 0.273. The van der Waals surface area contributed by atoms with Crippen molar-refractivity contribution in [2.45, 2.75) is 6.54 Å². The van der Waals surface area contributed by atoms with Gasteiger partial charge in [-0.3, -0.25) is 0 Å². The van der Waals surface area contributed by atoms with E-state index in [9.17, 15) is 4.79 Å². The maximum atomic E-state index is 11.7. The van der Waals surface area contributed by atoms with Gasteiger partial charge in [0.2, 0.25) is 0 Å². The number of hydrazone groups is 1. The van der Waals surface area contributed by atoms with Crippen molar-refractivity contribution in [1.29, 1.82) is 0 Å². The van der Waals surface area contributed by atoms with Crippen LogP contribution >= 0.6 is 11.6 Å². The number of urea groups is 1. The molecule has 2 rings (SSSR count). The van der Waals surface area contributed by atoms with Crippen LogP contribution in [0.4, 0.5) is 4.79 Å². The second-order valence-electron chi connectivity index (χ2n) is 3.65. The van der Waals surface area contributed by atoms with Gasteiger partial charge in [-0.05, 0) is 17.7 Å². The highest BCUT2D eigenvalue weighted by Crippen LogP contribution is 2.13. The Balaban J connectivity index is 2.09. The zero-order valence-electron chi connectivity index (χ0n) is 8.93. The molecule has 16 heavy (non-hydrogen) atoms. The number of carbonyl (C=O) groups is 1. The first-order chi connectivity index (χ1) is 7.66. The van der Waals surface area contributed by atoms with Crippen LogP contribution in [0.3, 0.4) is 0 Å². The summed E-state index contributed by atoms with van der Waals surface area (Å²) in [6.45, 7) is 1.03. The third-order valence-corrected chi connectivity index (χ3v) is 2.62. The maximum absolute atomic E-state index is 11.7. The van der Waals surface area contributed by atoms with E-state index < -0.39 is 0 Å². The summed E-state index contributed by atoms with van der Waals surface area (Å²) in [5.74, 6) is 0. The van der Waals surface area contributed by atoms with Crippen LogP contribution in [0.5, 0.6) is 0 Å². The molecule has 0 saturated carbocycles. The van der Waals surface area contributed by atoms with Crippen LogP contribution in [-0.2, 0) is 6.54 Å². The van der Waals surface area contributed by atoms with Crippen LogP contribution in [-0.4, -0.2) is 35.7 Å². The summed E-state index contributed by atoms with van der Waals surface area (Å²) in [6, 6.07) is 7.30. The summed E-state index contributed by atoms with van der Waals surface area (Å²) < 4.78 is 0. The largest absolute Gasteiger partial charge is 0.340 e. The highest BCUT2D eigenvalue weighted by molar-refractivity contribution is 6.30. The lowest BCUT2D eigenvalue weighted by Crippen LogP contribution is -2.42. The first-order valence-corrected chi connectivity index (χ1v) is 5.34. The Kier molecular flexibility index (Phi) is 3.10. The fourth-order valence-corrected chi connectivity index (χ4v) is 1.58. The molecule has 0 radical (unpaired) electrons. The standard InChI is InChI=1S/C11H12ClN3O/c1-14-7-6-13-15(11(14)16)8-9-2-4-10(12)5-3-9/h2-6H,7-8H2,1H3. The molecule has 0 saturated heterocycles. The van der Waals surface area contributed by atoms with Crippen molar-refractivity contribution in [3.8, 4) is 0 Å². The molecule has 0 fully saturated rings. The third-order valence-electron chi connectivity index (χ3n) is 2.37. The van der Waals surface area contributed by atoms with Gasteiger partial charge in [0.1, 0.15) is 0 Å². The molecule has 1 aromatic rings. The minimum Gasteiger partial charge on any atom is -0.321 e. The van der Waals surface area contributed by atoms with Crippen molar-refractivity contribution in [3.05, 3.63) is 34.9 Å². The quantitative estimate of drug-likeness (QED) is 0.777. The lowest BCUT2D eigenvalue weighted by molar-refractivity contribution is 0.162. The molecular formula is C11H12ClN3O. The first-order valence-electron chi connectivity index (χ1n) is 4.96. The molecule has 84 valence electrons. The number of hydrogen-bond acceptors (Lipinski definition) is 2. The summed E-state index contributed by atoms with van der Waals surface area (Å²) >= 11 is 5.79. The van der Waals surface area contributed by atoms with Gasteiger partial charge < -0.3 is 4.90 Å². The summed E-state index contributed by atoms with van der Waals surface area (Å²) in [5, 5.41) is 6.19. The summed E-state index contributed by atoms with van der Waals surface area (Å²) in [4.78, 5) is 13.3. The van der Waals surface area contributed by atoms with Gasteiger partial charge in [0.25, 0.3) is 0 Å². The molecule has 4 nitrogen and oxygen atoms in total. The Bertz CT molecular complexity index is 416.